The van der Waals surface area contributed by atoms with Crippen molar-refractivity contribution < 1.29 is 32.2 Å². The molecule has 2 aromatic carbocycles. The van der Waals surface area contributed by atoms with E-state index in [1.54, 1.807) is 13.0 Å². The highest BCUT2D eigenvalue weighted by Crippen LogP contribution is 2.36. The van der Waals surface area contributed by atoms with Gasteiger partial charge in [-0.25, -0.2) is 9.78 Å². The van der Waals surface area contributed by atoms with Crippen molar-refractivity contribution in [2.45, 2.75) is 19.7 Å². The summed E-state index contributed by atoms with van der Waals surface area (Å²) >= 11 is 5.79. The first kappa shape index (κ1) is 19.8. The zero-order valence-electron chi connectivity index (χ0n) is 14.4. The Labute approximate surface area is 162 Å². The van der Waals surface area contributed by atoms with Gasteiger partial charge in [0.05, 0.1) is 10.6 Å². The van der Waals surface area contributed by atoms with E-state index in [1.165, 1.54) is 24.3 Å². The number of halogens is 4. The van der Waals surface area contributed by atoms with Gasteiger partial charge < -0.3 is 14.3 Å². The third-order valence-corrected chi connectivity index (χ3v) is 4.21. The Bertz CT molecular complexity index is 1030. The molecule has 9 heteroatoms. The first-order valence-corrected chi connectivity index (χ1v) is 8.32. The summed E-state index contributed by atoms with van der Waals surface area (Å²) in [5, 5.41) is 9.92. The number of benzene rings is 2. The number of hydrogen-bond donors (Lipinski definition) is 1. The largest absolute Gasteiger partial charge is 0.505 e. The molecular formula is C19H13ClF3NO4. The number of carbonyl (C=O) groups excluding carboxylic acids is 1. The third kappa shape index (κ3) is 3.96. The molecule has 146 valence electrons. The van der Waals surface area contributed by atoms with Crippen LogP contribution < -0.4 is 0 Å². The quantitative estimate of drug-likeness (QED) is 0.583. The molecule has 0 amide bonds. The maximum absolute atomic E-state index is 13.1. The number of ether oxygens (including phenoxy) is 1. The molecule has 0 aliphatic carbocycles. The highest BCUT2D eigenvalue weighted by molar-refractivity contribution is 6.32. The van der Waals surface area contributed by atoms with Gasteiger partial charge in [0.2, 0.25) is 5.89 Å². The Morgan fingerprint density at radius 2 is 1.96 bits per heavy atom. The molecule has 0 fully saturated rings. The molecule has 1 aromatic heterocycles. The van der Waals surface area contributed by atoms with Crippen LogP contribution in [0.25, 0.3) is 11.5 Å². The van der Waals surface area contributed by atoms with Crippen LogP contribution in [0.15, 0.2) is 47.1 Å². The number of carbonyl (C=O) groups is 1. The maximum Gasteiger partial charge on any atom is 0.417 e. The van der Waals surface area contributed by atoms with E-state index >= 15 is 0 Å². The monoisotopic (exact) mass is 411 g/mol. The minimum atomic E-state index is -4.57. The van der Waals surface area contributed by atoms with Crippen LogP contribution in [-0.2, 0) is 17.5 Å². The van der Waals surface area contributed by atoms with Crippen LogP contribution in [0.1, 0.15) is 27.2 Å². The van der Waals surface area contributed by atoms with Gasteiger partial charge in [-0.2, -0.15) is 13.2 Å². The van der Waals surface area contributed by atoms with Gasteiger partial charge in [0, 0.05) is 5.56 Å². The Balaban J connectivity index is 1.79. The molecule has 1 heterocycles. The van der Waals surface area contributed by atoms with E-state index in [-0.39, 0.29) is 34.3 Å². The second-order valence-electron chi connectivity index (χ2n) is 5.85. The molecule has 3 rings (SSSR count). The van der Waals surface area contributed by atoms with Crippen LogP contribution in [0, 0.1) is 6.92 Å². The van der Waals surface area contributed by atoms with E-state index < -0.39 is 23.5 Å². The zero-order chi connectivity index (χ0) is 20.5. The molecule has 0 unspecified atom stereocenters. The lowest BCUT2D eigenvalue weighted by Crippen LogP contribution is -2.08. The topological polar surface area (TPSA) is 72.6 Å². The van der Waals surface area contributed by atoms with Gasteiger partial charge in [-0.05, 0) is 30.7 Å². The van der Waals surface area contributed by atoms with E-state index in [0.717, 1.165) is 12.3 Å². The van der Waals surface area contributed by atoms with Gasteiger partial charge in [-0.15, -0.1) is 0 Å². The van der Waals surface area contributed by atoms with Crippen molar-refractivity contribution in [1.29, 1.82) is 0 Å². The number of rotatable bonds is 4. The fourth-order valence-electron chi connectivity index (χ4n) is 2.55. The fraction of sp³-hybridized carbons (Fsp3) is 0.158. The summed E-state index contributed by atoms with van der Waals surface area (Å²) in [5.74, 6) is -1.51. The van der Waals surface area contributed by atoms with E-state index in [1.807, 2.05) is 0 Å². The van der Waals surface area contributed by atoms with Crippen LogP contribution >= 0.6 is 11.6 Å². The number of aryl methyl sites for hydroxylation is 1. The van der Waals surface area contributed by atoms with Crippen molar-refractivity contribution >= 4 is 17.6 Å². The second-order valence-corrected chi connectivity index (χ2v) is 6.26. The number of phenolic OH excluding ortho intramolecular Hbond substituents is 1. The van der Waals surface area contributed by atoms with Crippen molar-refractivity contribution in [3.63, 3.8) is 0 Å². The molecular weight excluding hydrogens is 399 g/mol. The summed E-state index contributed by atoms with van der Waals surface area (Å²) < 4.78 is 49.5. The predicted octanol–water partition coefficient (Wildman–Crippen LogP) is 5.38. The number of alkyl halides is 3. The maximum atomic E-state index is 13.1. The van der Waals surface area contributed by atoms with Gasteiger partial charge in [-0.1, -0.05) is 29.8 Å². The number of aromatic nitrogens is 1. The van der Waals surface area contributed by atoms with Crippen molar-refractivity contribution in [1.82, 2.24) is 4.98 Å². The number of aromatic hydroxyl groups is 1. The predicted molar refractivity (Wildman–Crippen MR) is 93.9 cm³/mol. The number of hydrogen-bond acceptors (Lipinski definition) is 5. The molecule has 3 aromatic rings. The number of nitrogens with zero attached hydrogens (tertiary/aromatic N) is 1. The lowest BCUT2D eigenvalue weighted by atomic mass is 10.1. The van der Waals surface area contributed by atoms with Crippen molar-refractivity contribution in [3.8, 4) is 17.2 Å². The highest BCUT2D eigenvalue weighted by atomic mass is 35.5. The lowest BCUT2D eigenvalue weighted by Gasteiger charge is -2.10. The first-order valence-electron chi connectivity index (χ1n) is 7.94. The van der Waals surface area contributed by atoms with Crippen molar-refractivity contribution in [2.24, 2.45) is 0 Å². The second kappa shape index (κ2) is 7.55. The molecule has 0 radical (unpaired) electrons. The molecule has 0 bridgehead atoms. The first-order chi connectivity index (χ1) is 13.2. The standard InChI is InChI=1S/C19H13ClF3NO4/c1-10-6-7-14(20)16(25)15(10)18(26)28-9-11-8-27-17(24-11)12-4-2-3-5-13(12)19(21,22)23/h2-8,25H,9H2,1H3. The molecule has 0 spiro atoms. The van der Waals surface area contributed by atoms with Crippen LogP contribution in [-0.4, -0.2) is 16.1 Å². The normalized spacial score (nSPS) is 11.5. The van der Waals surface area contributed by atoms with E-state index in [9.17, 15) is 23.1 Å². The van der Waals surface area contributed by atoms with Crippen LogP contribution in [0.2, 0.25) is 5.02 Å². The summed E-state index contributed by atoms with van der Waals surface area (Å²) in [6, 6.07) is 7.82. The third-order valence-electron chi connectivity index (χ3n) is 3.91. The summed E-state index contributed by atoms with van der Waals surface area (Å²) in [4.78, 5) is 16.2. The van der Waals surface area contributed by atoms with E-state index in [0.29, 0.717) is 5.56 Å². The molecule has 1 N–H and O–H groups in total. The zero-order valence-corrected chi connectivity index (χ0v) is 15.1. The van der Waals surface area contributed by atoms with Gasteiger partial charge in [0.15, 0.2) is 0 Å². The Hall–Kier alpha value is -3.00. The number of phenols is 1. The Kier molecular flexibility index (Phi) is 5.33. The molecule has 5 nitrogen and oxygen atoms in total. The van der Waals surface area contributed by atoms with E-state index in [4.69, 9.17) is 20.8 Å². The van der Waals surface area contributed by atoms with Gasteiger partial charge in [-0.3, -0.25) is 0 Å². The summed E-state index contributed by atoms with van der Waals surface area (Å²) in [7, 11) is 0. The van der Waals surface area contributed by atoms with Gasteiger partial charge in [0.25, 0.3) is 0 Å². The van der Waals surface area contributed by atoms with Crippen LogP contribution in [0.3, 0.4) is 0 Å². The molecule has 28 heavy (non-hydrogen) atoms. The number of esters is 1. The minimum absolute atomic E-state index is 0.00923. The minimum Gasteiger partial charge on any atom is -0.505 e. The molecule has 0 aliphatic heterocycles. The summed E-state index contributed by atoms with van der Waals surface area (Å²) in [6.45, 7) is 1.23. The van der Waals surface area contributed by atoms with E-state index in [2.05, 4.69) is 4.98 Å². The summed E-state index contributed by atoms with van der Waals surface area (Å²) in [5.41, 5.74) is -0.652. The fourth-order valence-corrected chi connectivity index (χ4v) is 2.71. The van der Waals surface area contributed by atoms with Crippen LogP contribution in [0.4, 0.5) is 13.2 Å². The highest BCUT2D eigenvalue weighted by Gasteiger charge is 2.34. The molecule has 0 aliphatic rings. The van der Waals surface area contributed by atoms with Crippen molar-refractivity contribution in [2.75, 3.05) is 0 Å². The van der Waals surface area contributed by atoms with Crippen LogP contribution in [0.5, 0.6) is 5.75 Å². The SMILES string of the molecule is Cc1ccc(Cl)c(O)c1C(=O)OCc1coc(-c2ccccc2C(F)(F)F)n1. The van der Waals surface area contributed by atoms with Gasteiger partial charge in [0.1, 0.15) is 29.9 Å². The smallest absolute Gasteiger partial charge is 0.417 e. The molecule has 0 atom stereocenters. The average Bonchev–Trinajstić information content (AvgIpc) is 3.12. The van der Waals surface area contributed by atoms with Gasteiger partial charge >= 0.3 is 12.1 Å². The summed E-state index contributed by atoms with van der Waals surface area (Å²) in [6.07, 6.45) is -3.47. The Morgan fingerprint density at radius 3 is 2.68 bits per heavy atom. The average molecular weight is 412 g/mol. The molecule has 0 saturated heterocycles. The lowest BCUT2D eigenvalue weighted by molar-refractivity contribution is -0.137. The Morgan fingerprint density at radius 1 is 1.25 bits per heavy atom. The number of oxazole rings is 1. The van der Waals surface area contributed by atoms with Crippen molar-refractivity contribution in [3.05, 3.63) is 70.1 Å². The molecule has 0 saturated carbocycles.